The molecule has 18 heavy (non-hydrogen) atoms. The minimum atomic E-state index is 0.584. The van der Waals surface area contributed by atoms with Crippen LogP contribution in [0, 0.1) is 6.92 Å². The topological polar surface area (TPSA) is 24.5 Å². The van der Waals surface area contributed by atoms with Crippen LogP contribution in [0.25, 0.3) is 0 Å². The van der Waals surface area contributed by atoms with Crippen molar-refractivity contribution in [1.82, 2.24) is 10.2 Å². The van der Waals surface area contributed by atoms with Crippen LogP contribution < -0.4 is 10.1 Å². The van der Waals surface area contributed by atoms with Gasteiger partial charge >= 0.3 is 0 Å². The lowest BCUT2D eigenvalue weighted by molar-refractivity contribution is 0.139. The standard InChI is InChI=1S/C15H24N2O/c1-11-7-14(5-6-15(11)18-4)10-17-9-12(2)16-8-13(17)3/h5-7,12-13,16H,8-10H2,1-4H3. The van der Waals surface area contributed by atoms with Crippen LogP contribution in [0.3, 0.4) is 0 Å². The Morgan fingerprint density at radius 3 is 2.83 bits per heavy atom. The molecule has 0 spiro atoms. The van der Waals surface area contributed by atoms with E-state index < -0.39 is 0 Å². The summed E-state index contributed by atoms with van der Waals surface area (Å²) >= 11 is 0. The average molecular weight is 248 g/mol. The molecule has 1 N–H and O–H groups in total. The highest BCUT2D eigenvalue weighted by Crippen LogP contribution is 2.20. The maximum atomic E-state index is 5.30. The number of hydrogen-bond acceptors (Lipinski definition) is 3. The van der Waals surface area contributed by atoms with Crippen molar-refractivity contribution in [2.45, 2.75) is 39.4 Å². The Morgan fingerprint density at radius 1 is 1.39 bits per heavy atom. The Labute approximate surface area is 110 Å². The number of methoxy groups -OCH3 is 1. The molecule has 1 saturated heterocycles. The summed E-state index contributed by atoms with van der Waals surface area (Å²) in [5.74, 6) is 0.973. The monoisotopic (exact) mass is 248 g/mol. The molecule has 3 nitrogen and oxygen atoms in total. The van der Waals surface area contributed by atoms with E-state index in [4.69, 9.17) is 4.74 Å². The fourth-order valence-corrected chi connectivity index (χ4v) is 2.59. The van der Waals surface area contributed by atoms with Crippen molar-refractivity contribution >= 4 is 0 Å². The summed E-state index contributed by atoms with van der Waals surface area (Å²) in [5, 5.41) is 3.52. The Morgan fingerprint density at radius 2 is 2.17 bits per heavy atom. The van der Waals surface area contributed by atoms with Crippen LogP contribution in [0.4, 0.5) is 0 Å². The van der Waals surface area contributed by atoms with Gasteiger partial charge in [-0.05, 0) is 38.0 Å². The molecule has 1 aliphatic heterocycles. The van der Waals surface area contributed by atoms with Crippen molar-refractivity contribution in [3.05, 3.63) is 29.3 Å². The molecule has 1 aliphatic rings. The first-order chi connectivity index (χ1) is 8.60. The van der Waals surface area contributed by atoms with E-state index in [2.05, 4.69) is 49.2 Å². The van der Waals surface area contributed by atoms with E-state index in [-0.39, 0.29) is 0 Å². The van der Waals surface area contributed by atoms with E-state index in [9.17, 15) is 0 Å². The molecule has 0 radical (unpaired) electrons. The zero-order chi connectivity index (χ0) is 13.1. The number of ether oxygens (including phenoxy) is 1. The van der Waals surface area contributed by atoms with Gasteiger partial charge in [-0.2, -0.15) is 0 Å². The van der Waals surface area contributed by atoms with E-state index in [0.29, 0.717) is 12.1 Å². The minimum Gasteiger partial charge on any atom is -0.496 e. The van der Waals surface area contributed by atoms with E-state index in [0.717, 1.165) is 25.4 Å². The summed E-state index contributed by atoms with van der Waals surface area (Å²) in [6.45, 7) is 9.86. The van der Waals surface area contributed by atoms with Gasteiger partial charge in [0, 0.05) is 31.7 Å². The van der Waals surface area contributed by atoms with Crippen molar-refractivity contribution in [2.75, 3.05) is 20.2 Å². The van der Waals surface area contributed by atoms with Crippen LogP contribution in [0.5, 0.6) is 5.75 Å². The highest BCUT2D eigenvalue weighted by Gasteiger charge is 2.22. The van der Waals surface area contributed by atoms with Crippen molar-refractivity contribution in [3.8, 4) is 5.75 Å². The van der Waals surface area contributed by atoms with Gasteiger partial charge in [0.1, 0.15) is 5.75 Å². The molecule has 1 aromatic rings. The number of benzene rings is 1. The Bertz CT molecular complexity index is 405. The van der Waals surface area contributed by atoms with Crippen LogP contribution in [0.15, 0.2) is 18.2 Å². The highest BCUT2D eigenvalue weighted by atomic mass is 16.5. The van der Waals surface area contributed by atoms with Gasteiger partial charge in [0.2, 0.25) is 0 Å². The SMILES string of the molecule is COc1ccc(CN2CC(C)NCC2C)cc1C. The van der Waals surface area contributed by atoms with Crippen LogP contribution in [-0.4, -0.2) is 37.2 Å². The van der Waals surface area contributed by atoms with Crippen molar-refractivity contribution in [1.29, 1.82) is 0 Å². The summed E-state index contributed by atoms with van der Waals surface area (Å²) in [6, 6.07) is 7.66. The molecule has 0 bridgehead atoms. The van der Waals surface area contributed by atoms with Crippen LogP contribution >= 0.6 is 0 Å². The van der Waals surface area contributed by atoms with E-state index in [1.165, 1.54) is 11.1 Å². The molecule has 1 heterocycles. The number of aryl methyl sites for hydroxylation is 1. The minimum absolute atomic E-state index is 0.584. The molecule has 2 unspecified atom stereocenters. The predicted molar refractivity (Wildman–Crippen MR) is 75.1 cm³/mol. The van der Waals surface area contributed by atoms with E-state index in [1.807, 2.05) is 0 Å². The second-order valence-electron chi connectivity index (χ2n) is 5.39. The summed E-state index contributed by atoms with van der Waals surface area (Å²) < 4.78 is 5.30. The normalized spacial score (nSPS) is 25.1. The molecule has 0 aliphatic carbocycles. The molecule has 0 aromatic heterocycles. The number of piperazine rings is 1. The zero-order valence-electron chi connectivity index (χ0n) is 11.9. The third-order valence-electron chi connectivity index (χ3n) is 3.74. The van der Waals surface area contributed by atoms with Gasteiger partial charge in [-0.3, -0.25) is 4.90 Å². The van der Waals surface area contributed by atoms with Crippen LogP contribution in [0.1, 0.15) is 25.0 Å². The second-order valence-corrected chi connectivity index (χ2v) is 5.39. The fourth-order valence-electron chi connectivity index (χ4n) is 2.59. The summed E-state index contributed by atoms with van der Waals surface area (Å²) in [4.78, 5) is 2.54. The maximum Gasteiger partial charge on any atom is 0.121 e. The molecule has 2 rings (SSSR count). The summed E-state index contributed by atoms with van der Waals surface area (Å²) in [5.41, 5.74) is 2.58. The molecule has 0 saturated carbocycles. The van der Waals surface area contributed by atoms with Gasteiger partial charge in [0.15, 0.2) is 0 Å². The van der Waals surface area contributed by atoms with Gasteiger partial charge < -0.3 is 10.1 Å². The van der Waals surface area contributed by atoms with Crippen molar-refractivity contribution < 1.29 is 4.74 Å². The van der Waals surface area contributed by atoms with Crippen LogP contribution in [0.2, 0.25) is 0 Å². The lowest BCUT2D eigenvalue weighted by atomic mass is 10.1. The van der Waals surface area contributed by atoms with Gasteiger partial charge in [0.05, 0.1) is 7.11 Å². The lowest BCUT2D eigenvalue weighted by Gasteiger charge is -2.37. The first-order valence-electron chi connectivity index (χ1n) is 6.71. The number of rotatable bonds is 3. The Hall–Kier alpha value is -1.06. The first kappa shape index (κ1) is 13.4. The number of nitrogens with zero attached hydrogens (tertiary/aromatic N) is 1. The van der Waals surface area contributed by atoms with Crippen molar-refractivity contribution in [3.63, 3.8) is 0 Å². The molecule has 2 atom stereocenters. The van der Waals surface area contributed by atoms with E-state index >= 15 is 0 Å². The second kappa shape index (κ2) is 5.72. The lowest BCUT2D eigenvalue weighted by Crippen LogP contribution is -2.53. The predicted octanol–water partition coefficient (Wildman–Crippen LogP) is 2.19. The number of hydrogen-bond donors (Lipinski definition) is 1. The fraction of sp³-hybridized carbons (Fsp3) is 0.600. The summed E-state index contributed by atoms with van der Waals surface area (Å²) in [6.07, 6.45) is 0. The van der Waals surface area contributed by atoms with Crippen molar-refractivity contribution in [2.24, 2.45) is 0 Å². The molecular formula is C15H24N2O. The number of nitrogens with one attached hydrogen (secondary N) is 1. The molecule has 100 valence electrons. The molecular weight excluding hydrogens is 224 g/mol. The third-order valence-corrected chi connectivity index (χ3v) is 3.74. The van der Waals surface area contributed by atoms with Crippen LogP contribution in [-0.2, 0) is 6.54 Å². The summed E-state index contributed by atoms with van der Waals surface area (Å²) in [7, 11) is 1.72. The molecule has 3 heteroatoms. The molecule has 1 aromatic carbocycles. The maximum absolute atomic E-state index is 5.30. The average Bonchev–Trinajstić information content (AvgIpc) is 2.34. The first-order valence-corrected chi connectivity index (χ1v) is 6.71. The molecule has 0 amide bonds. The smallest absolute Gasteiger partial charge is 0.121 e. The third kappa shape index (κ3) is 3.03. The molecule has 1 fully saturated rings. The Balaban J connectivity index is 2.06. The zero-order valence-corrected chi connectivity index (χ0v) is 11.9. The van der Waals surface area contributed by atoms with Gasteiger partial charge in [-0.1, -0.05) is 12.1 Å². The largest absolute Gasteiger partial charge is 0.496 e. The van der Waals surface area contributed by atoms with E-state index in [1.54, 1.807) is 7.11 Å². The highest BCUT2D eigenvalue weighted by molar-refractivity contribution is 5.36. The Kier molecular flexibility index (Phi) is 4.25. The van der Waals surface area contributed by atoms with Gasteiger partial charge in [0.25, 0.3) is 0 Å². The quantitative estimate of drug-likeness (QED) is 0.887. The van der Waals surface area contributed by atoms with Gasteiger partial charge in [-0.15, -0.1) is 0 Å². The van der Waals surface area contributed by atoms with Gasteiger partial charge in [-0.25, -0.2) is 0 Å².